The normalized spacial score (nSPS) is 16.7. The zero-order chi connectivity index (χ0) is 23.7. The van der Waals surface area contributed by atoms with E-state index in [0.29, 0.717) is 35.9 Å². The molecule has 0 radical (unpaired) electrons. The first-order valence-electron chi connectivity index (χ1n) is 12.2. The number of rotatable bonds is 12. The maximum atomic E-state index is 13.2. The fourth-order valence-electron chi connectivity index (χ4n) is 4.46. The minimum absolute atomic E-state index is 0.139. The molecule has 2 heterocycles. The van der Waals surface area contributed by atoms with Gasteiger partial charge in [0.05, 0.1) is 5.54 Å². The Bertz CT molecular complexity index is 886. The summed E-state index contributed by atoms with van der Waals surface area (Å²) in [5, 5.41) is 14.6. The molecule has 0 bridgehead atoms. The van der Waals surface area contributed by atoms with E-state index in [1.54, 1.807) is 18.2 Å². The summed E-state index contributed by atoms with van der Waals surface area (Å²) in [5.74, 6) is 1.68. The molecule has 2 aliphatic rings. The van der Waals surface area contributed by atoms with Gasteiger partial charge in [-0.05, 0) is 56.4 Å². The topological polar surface area (TPSA) is 101 Å². The Morgan fingerprint density at radius 2 is 1.82 bits per heavy atom. The molecule has 0 saturated carbocycles. The van der Waals surface area contributed by atoms with Crippen molar-refractivity contribution in [3.05, 3.63) is 35.4 Å². The molecule has 33 heavy (non-hydrogen) atoms. The van der Waals surface area contributed by atoms with Gasteiger partial charge in [0.15, 0.2) is 17.3 Å². The smallest absolute Gasteiger partial charge is 0.251 e. The first-order valence-corrected chi connectivity index (χ1v) is 12.2. The lowest BCUT2D eigenvalue weighted by molar-refractivity contribution is -0.124. The third-order valence-corrected chi connectivity index (χ3v) is 6.40. The highest BCUT2D eigenvalue weighted by Gasteiger charge is 2.38. The molecule has 2 aliphatic heterocycles. The van der Waals surface area contributed by atoms with Gasteiger partial charge >= 0.3 is 0 Å². The molecule has 0 unspecified atom stereocenters. The molecule has 3 rings (SSSR count). The number of hydrogen-bond acceptors (Lipinski definition) is 5. The standard InChI is InChI=1S/C26H37N3O4/c1-3-5-12-26(13-6-4-2)23(30)15-19(16-24(27)29-26)9-7-8-14-28-25(31)20-10-11-21-22(17-20)33-18-32-21/h10-11,16-17H,3-9,12-15,18H2,1-2H3,(H2,27,29)(H,28,31). The molecule has 180 valence electrons. The Morgan fingerprint density at radius 3 is 2.55 bits per heavy atom. The van der Waals surface area contributed by atoms with Gasteiger partial charge < -0.3 is 20.1 Å². The molecule has 0 aliphatic carbocycles. The molecule has 1 aromatic carbocycles. The molecule has 3 N–H and O–H groups in total. The fraction of sp³-hybridized carbons (Fsp3) is 0.577. The number of ether oxygens (including phenoxy) is 2. The first kappa shape index (κ1) is 24.8. The van der Waals surface area contributed by atoms with Crippen molar-refractivity contribution in [2.75, 3.05) is 13.3 Å². The lowest BCUT2D eigenvalue weighted by Gasteiger charge is -2.33. The lowest BCUT2D eigenvalue weighted by Crippen LogP contribution is -2.53. The summed E-state index contributed by atoms with van der Waals surface area (Å²) < 4.78 is 10.6. The average molecular weight is 456 g/mol. The van der Waals surface area contributed by atoms with E-state index in [-0.39, 0.29) is 18.5 Å². The van der Waals surface area contributed by atoms with Gasteiger partial charge in [-0.2, -0.15) is 0 Å². The van der Waals surface area contributed by atoms with E-state index >= 15 is 0 Å². The van der Waals surface area contributed by atoms with Crippen LogP contribution in [-0.2, 0) is 4.79 Å². The number of carbonyl (C=O) groups is 2. The van der Waals surface area contributed by atoms with E-state index in [1.165, 1.54) is 0 Å². The molecule has 7 heteroatoms. The Morgan fingerprint density at radius 1 is 1.09 bits per heavy atom. The van der Waals surface area contributed by atoms with Crippen molar-refractivity contribution < 1.29 is 19.1 Å². The van der Waals surface area contributed by atoms with E-state index < -0.39 is 5.54 Å². The molecule has 0 aromatic heterocycles. The van der Waals surface area contributed by atoms with Crippen LogP contribution in [0.1, 0.15) is 88.4 Å². The summed E-state index contributed by atoms with van der Waals surface area (Å²) in [6.07, 6.45) is 10.3. The Kier molecular flexibility index (Phi) is 8.92. The average Bonchev–Trinajstić information content (AvgIpc) is 3.23. The zero-order valence-electron chi connectivity index (χ0n) is 19.9. The third kappa shape index (κ3) is 6.59. The van der Waals surface area contributed by atoms with Crippen molar-refractivity contribution in [3.63, 3.8) is 0 Å². The van der Waals surface area contributed by atoms with Crippen LogP contribution < -0.4 is 20.1 Å². The first-order chi connectivity index (χ1) is 16.0. The number of unbranched alkanes of at least 4 members (excludes halogenated alkanes) is 3. The van der Waals surface area contributed by atoms with Gasteiger partial charge in [-0.25, -0.2) is 0 Å². The second-order valence-electron chi connectivity index (χ2n) is 9.01. The zero-order valence-corrected chi connectivity index (χ0v) is 19.9. The molecular weight excluding hydrogens is 418 g/mol. The lowest BCUT2D eigenvalue weighted by atomic mass is 9.81. The Labute approximate surface area is 196 Å². The van der Waals surface area contributed by atoms with Crippen LogP contribution in [0.2, 0.25) is 0 Å². The van der Waals surface area contributed by atoms with Crippen molar-refractivity contribution in [2.45, 2.75) is 83.6 Å². The van der Waals surface area contributed by atoms with Crippen LogP contribution in [0.3, 0.4) is 0 Å². The molecule has 1 amide bonds. The summed E-state index contributed by atoms with van der Waals surface area (Å²) in [6.45, 7) is 5.01. The quantitative estimate of drug-likeness (QED) is 0.389. The summed E-state index contributed by atoms with van der Waals surface area (Å²) >= 11 is 0. The number of amidine groups is 1. The van der Waals surface area contributed by atoms with Gasteiger partial charge in [0.25, 0.3) is 5.91 Å². The molecule has 0 atom stereocenters. The minimum atomic E-state index is -0.597. The predicted molar refractivity (Wildman–Crippen MR) is 129 cm³/mol. The fourth-order valence-corrected chi connectivity index (χ4v) is 4.46. The molecule has 0 fully saturated rings. The van der Waals surface area contributed by atoms with Crippen LogP contribution in [0.15, 0.2) is 29.8 Å². The van der Waals surface area contributed by atoms with E-state index in [9.17, 15) is 9.59 Å². The van der Waals surface area contributed by atoms with Gasteiger partial charge in [0.1, 0.15) is 5.84 Å². The number of Topliss-reactive ketones (excluding diaryl/α,β-unsaturated/α-hetero) is 1. The largest absolute Gasteiger partial charge is 0.454 e. The van der Waals surface area contributed by atoms with Crippen LogP contribution in [0, 0.1) is 5.41 Å². The molecule has 0 saturated heterocycles. The van der Waals surface area contributed by atoms with Crippen LogP contribution in [-0.4, -0.2) is 36.4 Å². The SMILES string of the molecule is CCCCC1(CCCC)NC(=N)C=C(CCCCNC(=O)c2ccc3c(c2)OCO3)CC1=O. The van der Waals surface area contributed by atoms with E-state index in [4.69, 9.17) is 14.9 Å². The van der Waals surface area contributed by atoms with Crippen LogP contribution in [0.5, 0.6) is 11.5 Å². The Balaban J connectivity index is 1.46. The van der Waals surface area contributed by atoms with Crippen molar-refractivity contribution in [1.82, 2.24) is 10.6 Å². The predicted octanol–water partition coefficient (Wildman–Crippen LogP) is 4.90. The maximum absolute atomic E-state index is 13.2. The highest BCUT2D eigenvalue weighted by Crippen LogP contribution is 2.32. The number of allylic oxidation sites excluding steroid dienone is 1. The third-order valence-electron chi connectivity index (χ3n) is 6.40. The number of fused-ring (bicyclic) bond motifs is 1. The van der Waals surface area contributed by atoms with E-state index in [0.717, 1.165) is 63.4 Å². The Hall–Kier alpha value is -2.83. The maximum Gasteiger partial charge on any atom is 0.251 e. The second kappa shape index (κ2) is 11.9. The number of ketones is 1. The summed E-state index contributed by atoms with van der Waals surface area (Å²) in [6, 6.07) is 5.17. The van der Waals surface area contributed by atoms with Gasteiger partial charge in [0, 0.05) is 18.5 Å². The number of nitrogens with one attached hydrogen (secondary N) is 3. The van der Waals surface area contributed by atoms with E-state index in [2.05, 4.69) is 24.5 Å². The molecule has 7 nitrogen and oxygen atoms in total. The second-order valence-corrected chi connectivity index (χ2v) is 9.01. The number of amides is 1. The van der Waals surface area contributed by atoms with Crippen molar-refractivity contribution in [2.24, 2.45) is 0 Å². The van der Waals surface area contributed by atoms with Crippen molar-refractivity contribution in [3.8, 4) is 11.5 Å². The minimum Gasteiger partial charge on any atom is -0.454 e. The van der Waals surface area contributed by atoms with Crippen LogP contribution in [0.4, 0.5) is 0 Å². The highest BCUT2D eigenvalue weighted by atomic mass is 16.7. The monoisotopic (exact) mass is 455 g/mol. The summed E-state index contributed by atoms with van der Waals surface area (Å²) in [7, 11) is 0. The van der Waals surface area contributed by atoms with E-state index in [1.807, 2.05) is 6.08 Å². The van der Waals surface area contributed by atoms with Crippen molar-refractivity contribution >= 4 is 17.5 Å². The molecule has 0 spiro atoms. The summed E-state index contributed by atoms with van der Waals surface area (Å²) in [5.41, 5.74) is 0.959. The number of benzene rings is 1. The number of carbonyl (C=O) groups excluding carboxylic acids is 2. The molecular formula is C26H37N3O4. The van der Waals surface area contributed by atoms with Gasteiger partial charge in [-0.15, -0.1) is 0 Å². The van der Waals surface area contributed by atoms with Crippen LogP contribution >= 0.6 is 0 Å². The van der Waals surface area contributed by atoms with Gasteiger partial charge in [0.2, 0.25) is 6.79 Å². The summed E-state index contributed by atoms with van der Waals surface area (Å²) in [4.78, 5) is 25.6. The van der Waals surface area contributed by atoms with Gasteiger partial charge in [-0.3, -0.25) is 15.0 Å². The highest BCUT2D eigenvalue weighted by molar-refractivity contribution is 6.02. The molecule has 1 aromatic rings. The van der Waals surface area contributed by atoms with Crippen LogP contribution in [0.25, 0.3) is 0 Å². The number of hydrogen-bond donors (Lipinski definition) is 3. The van der Waals surface area contributed by atoms with Crippen molar-refractivity contribution in [1.29, 1.82) is 5.41 Å². The van der Waals surface area contributed by atoms with Gasteiger partial charge in [-0.1, -0.05) is 45.1 Å².